The lowest BCUT2D eigenvalue weighted by atomic mass is 10.0. The summed E-state index contributed by atoms with van der Waals surface area (Å²) in [6.07, 6.45) is 2.80. The number of carbonyl (C=O) groups excluding carboxylic acids is 2. The molecule has 3 rings (SSSR count). The molecule has 6 nitrogen and oxygen atoms in total. The molecule has 0 saturated carbocycles. The minimum absolute atomic E-state index is 0.0111. The van der Waals surface area contributed by atoms with E-state index in [1.54, 1.807) is 25.9 Å². The van der Waals surface area contributed by atoms with Gasteiger partial charge in [-0.2, -0.15) is 0 Å². The molecule has 25 heavy (non-hydrogen) atoms. The van der Waals surface area contributed by atoms with Crippen LogP contribution in [0.2, 0.25) is 0 Å². The average Bonchev–Trinajstić information content (AvgIpc) is 2.89. The zero-order chi connectivity index (χ0) is 18.1. The fourth-order valence-electron chi connectivity index (χ4n) is 3.52. The van der Waals surface area contributed by atoms with E-state index in [0.29, 0.717) is 25.3 Å². The molecule has 0 N–H and O–H groups in total. The number of rotatable bonds is 3. The van der Waals surface area contributed by atoms with Gasteiger partial charge in [0.2, 0.25) is 5.91 Å². The van der Waals surface area contributed by atoms with Crippen LogP contribution in [0.3, 0.4) is 0 Å². The van der Waals surface area contributed by atoms with Gasteiger partial charge in [-0.05, 0) is 30.2 Å². The number of amides is 2. The molecule has 1 aliphatic heterocycles. The monoisotopic (exact) mass is 343 g/mol. The topological polar surface area (TPSA) is 54.8 Å². The number of hydrogen-bond donors (Lipinski definition) is 0. The number of nitrogens with zero attached hydrogens (tertiary/aromatic N) is 3. The molecule has 2 heterocycles. The Morgan fingerprint density at radius 2 is 2.08 bits per heavy atom. The molecule has 2 aromatic rings. The minimum atomic E-state index is -0.0111. The summed E-state index contributed by atoms with van der Waals surface area (Å²) in [6, 6.07) is 5.83. The highest BCUT2D eigenvalue weighted by molar-refractivity contribution is 5.98. The summed E-state index contributed by atoms with van der Waals surface area (Å²) < 4.78 is 7.65. The van der Waals surface area contributed by atoms with Gasteiger partial charge in [0, 0.05) is 57.3 Å². The number of ether oxygens (including phenoxy) is 1. The quantitative estimate of drug-likeness (QED) is 0.852. The molecular formula is C19H25N3O3. The Labute approximate surface area is 147 Å². The molecule has 1 aromatic heterocycles. The second-order valence-corrected chi connectivity index (χ2v) is 6.84. The third-order valence-electron chi connectivity index (χ3n) is 4.81. The van der Waals surface area contributed by atoms with Crippen LogP contribution in [0.1, 0.15) is 22.8 Å². The van der Waals surface area contributed by atoms with Crippen LogP contribution in [0.25, 0.3) is 10.9 Å². The molecule has 1 aliphatic rings. The number of aryl methyl sites for hydroxylation is 1. The number of carbonyl (C=O) groups is 2. The van der Waals surface area contributed by atoms with Crippen molar-refractivity contribution < 1.29 is 14.3 Å². The average molecular weight is 343 g/mol. The van der Waals surface area contributed by atoms with Crippen LogP contribution in [-0.2, 0) is 23.0 Å². The Morgan fingerprint density at radius 1 is 1.32 bits per heavy atom. The van der Waals surface area contributed by atoms with Gasteiger partial charge in [-0.3, -0.25) is 9.59 Å². The lowest BCUT2D eigenvalue weighted by Gasteiger charge is -2.35. The second-order valence-electron chi connectivity index (χ2n) is 6.84. The molecule has 1 atom stereocenters. The molecule has 0 spiro atoms. The first-order valence-electron chi connectivity index (χ1n) is 8.53. The van der Waals surface area contributed by atoms with E-state index in [1.165, 1.54) is 0 Å². The van der Waals surface area contributed by atoms with Crippen LogP contribution < -0.4 is 0 Å². The van der Waals surface area contributed by atoms with E-state index in [-0.39, 0.29) is 17.9 Å². The van der Waals surface area contributed by atoms with Crippen molar-refractivity contribution in [3.8, 4) is 0 Å². The summed E-state index contributed by atoms with van der Waals surface area (Å²) in [5.74, 6) is 0.0695. The van der Waals surface area contributed by atoms with Crippen molar-refractivity contribution in [1.29, 1.82) is 0 Å². The van der Waals surface area contributed by atoms with E-state index >= 15 is 0 Å². The van der Waals surface area contributed by atoms with Crippen LogP contribution in [0.5, 0.6) is 0 Å². The summed E-state index contributed by atoms with van der Waals surface area (Å²) >= 11 is 0. The van der Waals surface area contributed by atoms with Crippen molar-refractivity contribution in [2.75, 3.05) is 33.9 Å². The number of fused-ring (bicyclic) bond motifs is 1. The molecule has 134 valence electrons. The number of hydrogen-bond acceptors (Lipinski definition) is 3. The van der Waals surface area contributed by atoms with Crippen LogP contribution in [-0.4, -0.2) is 66.1 Å². The zero-order valence-electron chi connectivity index (χ0n) is 15.3. The van der Waals surface area contributed by atoms with Gasteiger partial charge in [-0.15, -0.1) is 0 Å². The van der Waals surface area contributed by atoms with Crippen molar-refractivity contribution in [3.63, 3.8) is 0 Å². The fourth-order valence-corrected chi connectivity index (χ4v) is 3.52. The molecule has 0 radical (unpaired) electrons. The van der Waals surface area contributed by atoms with Crippen LogP contribution in [0.4, 0.5) is 0 Å². The number of benzene rings is 1. The Kier molecular flexibility index (Phi) is 4.81. The third kappa shape index (κ3) is 3.39. The van der Waals surface area contributed by atoms with Gasteiger partial charge in [-0.1, -0.05) is 0 Å². The highest BCUT2D eigenvalue weighted by Crippen LogP contribution is 2.25. The highest BCUT2D eigenvalue weighted by Gasteiger charge is 2.26. The van der Waals surface area contributed by atoms with Gasteiger partial charge in [0.25, 0.3) is 5.91 Å². The Balaban J connectivity index is 1.96. The van der Waals surface area contributed by atoms with E-state index in [2.05, 4.69) is 10.8 Å². The van der Waals surface area contributed by atoms with Crippen molar-refractivity contribution in [1.82, 2.24) is 14.4 Å². The van der Waals surface area contributed by atoms with Gasteiger partial charge in [0.1, 0.15) is 0 Å². The van der Waals surface area contributed by atoms with E-state index < -0.39 is 0 Å². The van der Waals surface area contributed by atoms with Crippen LogP contribution in [0.15, 0.2) is 24.4 Å². The molecule has 2 amide bonds. The van der Waals surface area contributed by atoms with Crippen molar-refractivity contribution in [2.45, 2.75) is 19.4 Å². The maximum atomic E-state index is 12.3. The summed E-state index contributed by atoms with van der Waals surface area (Å²) in [5.41, 5.74) is 2.89. The van der Waals surface area contributed by atoms with Crippen molar-refractivity contribution in [2.24, 2.45) is 7.05 Å². The van der Waals surface area contributed by atoms with Crippen molar-refractivity contribution in [3.05, 3.63) is 35.5 Å². The van der Waals surface area contributed by atoms with Crippen LogP contribution >= 0.6 is 0 Å². The molecule has 0 bridgehead atoms. The largest absolute Gasteiger partial charge is 0.377 e. The van der Waals surface area contributed by atoms with E-state index in [9.17, 15) is 9.59 Å². The Bertz CT molecular complexity index is 810. The highest BCUT2D eigenvalue weighted by atomic mass is 16.5. The first-order chi connectivity index (χ1) is 11.9. The first-order valence-corrected chi connectivity index (χ1v) is 8.53. The van der Waals surface area contributed by atoms with E-state index in [0.717, 1.165) is 22.9 Å². The standard InChI is InChI=1S/C19H25N3O3/c1-13(23)22-7-8-25-12-16(22)9-15-11-21(4)18-6-5-14(10-17(15)18)19(24)20(2)3/h5-6,10-11,16H,7-9,12H2,1-4H3/t16-/m0/s1. The lowest BCUT2D eigenvalue weighted by molar-refractivity contribution is -0.137. The van der Waals surface area contributed by atoms with Gasteiger partial charge < -0.3 is 19.1 Å². The molecule has 0 unspecified atom stereocenters. The molecular weight excluding hydrogens is 318 g/mol. The predicted molar refractivity (Wildman–Crippen MR) is 96.6 cm³/mol. The van der Waals surface area contributed by atoms with Gasteiger partial charge in [0.15, 0.2) is 0 Å². The maximum Gasteiger partial charge on any atom is 0.253 e. The predicted octanol–water partition coefficient (Wildman–Crippen LogP) is 1.67. The third-order valence-corrected chi connectivity index (χ3v) is 4.81. The normalized spacial score (nSPS) is 17.8. The summed E-state index contributed by atoms with van der Waals surface area (Å²) in [4.78, 5) is 27.7. The summed E-state index contributed by atoms with van der Waals surface area (Å²) in [6.45, 7) is 3.38. The SMILES string of the molecule is CC(=O)N1CCOC[C@@H]1Cc1cn(C)c2ccc(C(=O)N(C)C)cc12. The minimum Gasteiger partial charge on any atom is -0.377 e. The molecule has 1 saturated heterocycles. The molecule has 1 fully saturated rings. The van der Waals surface area contributed by atoms with Gasteiger partial charge >= 0.3 is 0 Å². The van der Waals surface area contributed by atoms with E-state index in [4.69, 9.17) is 4.74 Å². The second kappa shape index (κ2) is 6.88. The van der Waals surface area contributed by atoms with Crippen LogP contribution in [0, 0.1) is 0 Å². The van der Waals surface area contributed by atoms with E-state index in [1.807, 2.05) is 30.1 Å². The Hall–Kier alpha value is -2.34. The zero-order valence-corrected chi connectivity index (χ0v) is 15.3. The molecule has 1 aromatic carbocycles. The first kappa shape index (κ1) is 17.5. The molecule has 6 heteroatoms. The molecule has 0 aliphatic carbocycles. The summed E-state index contributed by atoms with van der Waals surface area (Å²) in [5, 5.41) is 1.06. The van der Waals surface area contributed by atoms with Crippen molar-refractivity contribution >= 4 is 22.7 Å². The number of aromatic nitrogens is 1. The smallest absolute Gasteiger partial charge is 0.253 e. The number of morpholine rings is 1. The summed E-state index contributed by atoms with van der Waals surface area (Å²) in [7, 11) is 5.50. The lowest BCUT2D eigenvalue weighted by Crippen LogP contribution is -2.48. The fraction of sp³-hybridized carbons (Fsp3) is 0.474. The maximum absolute atomic E-state index is 12.3. The van der Waals surface area contributed by atoms with Gasteiger partial charge in [0.05, 0.1) is 19.3 Å². The Morgan fingerprint density at radius 3 is 2.76 bits per heavy atom. The van der Waals surface area contributed by atoms with Gasteiger partial charge in [-0.25, -0.2) is 0 Å².